The number of carbonyl (C=O) groups is 1. The van der Waals surface area contributed by atoms with E-state index in [0.717, 1.165) is 10.7 Å². The molecule has 0 unspecified atom stereocenters. The fraction of sp³-hybridized carbons (Fsp3) is 0.167. The molecule has 0 aliphatic heterocycles. The van der Waals surface area contributed by atoms with Crippen LogP contribution in [0.4, 0.5) is 5.69 Å². The van der Waals surface area contributed by atoms with Crippen LogP contribution in [0.2, 0.25) is 5.02 Å². The Bertz CT molecular complexity index is 545. The first-order chi connectivity index (χ1) is 8.04. The number of aryl methyl sites for hydroxylation is 1. The van der Waals surface area contributed by atoms with Crippen molar-refractivity contribution in [3.63, 3.8) is 0 Å². The lowest BCUT2D eigenvalue weighted by Crippen LogP contribution is -2.04. The number of nitrogens with zero attached hydrogens (tertiary/aromatic N) is 1. The SMILES string of the molecule is Cc1nc(CC(=O)c2cc(N)cc(Cl)c2)cs1. The normalized spacial score (nSPS) is 10.5. The molecule has 17 heavy (non-hydrogen) atoms. The number of aromatic nitrogens is 1. The van der Waals surface area contributed by atoms with E-state index in [4.69, 9.17) is 17.3 Å². The van der Waals surface area contributed by atoms with Crippen LogP contribution in [0.15, 0.2) is 23.6 Å². The van der Waals surface area contributed by atoms with Crippen LogP contribution in [0.3, 0.4) is 0 Å². The Kier molecular flexibility index (Phi) is 3.45. The van der Waals surface area contributed by atoms with Crippen LogP contribution in [0.25, 0.3) is 0 Å². The number of thiazole rings is 1. The maximum Gasteiger partial charge on any atom is 0.168 e. The van der Waals surface area contributed by atoms with Gasteiger partial charge in [0.1, 0.15) is 0 Å². The van der Waals surface area contributed by atoms with Crippen LogP contribution in [0, 0.1) is 6.92 Å². The lowest BCUT2D eigenvalue weighted by atomic mass is 10.1. The third-order valence-electron chi connectivity index (χ3n) is 2.25. The molecule has 0 amide bonds. The van der Waals surface area contributed by atoms with Crippen molar-refractivity contribution in [3.05, 3.63) is 44.9 Å². The van der Waals surface area contributed by atoms with Crippen molar-refractivity contribution in [2.75, 3.05) is 5.73 Å². The summed E-state index contributed by atoms with van der Waals surface area (Å²) in [5.74, 6) is -0.0236. The molecule has 3 nitrogen and oxygen atoms in total. The minimum atomic E-state index is -0.0236. The number of halogens is 1. The Morgan fingerprint density at radius 1 is 1.47 bits per heavy atom. The summed E-state index contributed by atoms with van der Waals surface area (Å²) < 4.78 is 0. The van der Waals surface area contributed by atoms with E-state index < -0.39 is 0 Å². The van der Waals surface area contributed by atoms with E-state index in [0.29, 0.717) is 16.3 Å². The highest BCUT2D eigenvalue weighted by Gasteiger charge is 2.10. The van der Waals surface area contributed by atoms with Gasteiger partial charge in [0.15, 0.2) is 5.78 Å². The van der Waals surface area contributed by atoms with Crippen LogP contribution in [-0.2, 0) is 6.42 Å². The first-order valence-corrected chi connectivity index (χ1v) is 6.30. The smallest absolute Gasteiger partial charge is 0.168 e. The van der Waals surface area contributed by atoms with Crippen molar-refractivity contribution in [2.45, 2.75) is 13.3 Å². The summed E-state index contributed by atoms with van der Waals surface area (Å²) in [4.78, 5) is 16.2. The Labute approximate surface area is 108 Å². The van der Waals surface area contributed by atoms with Gasteiger partial charge in [-0.05, 0) is 25.1 Å². The van der Waals surface area contributed by atoms with Crippen molar-refractivity contribution >= 4 is 34.4 Å². The van der Waals surface area contributed by atoms with E-state index in [2.05, 4.69) is 4.98 Å². The Hall–Kier alpha value is -1.39. The Morgan fingerprint density at radius 2 is 2.24 bits per heavy atom. The van der Waals surface area contributed by atoms with E-state index in [-0.39, 0.29) is 12.2 Å². The number of nitrogen functional groups attached to an aromatic ring is 1. The molecule has 0 aliphatic rings. The van der Waals surface area contributed by atoms with E-state index in [1.807, 2.05) is 12.3 Å². The van der Waals surface area contributed by atoms with Gasteiger partial charge in [-0.25, -0.2) is 4.98 Å². The monoisotopic (exact) mass is 266 g/mol. The number of hydrogen-bond acceptors (Lipinski definition) is 4. The molecule has 88 valence electrons. The molecule has 1 heterocycles. The van der Waals surface area contributed by atoms with Gasteiger partial charge in [0, 0.05) is 21.7 Å². The summed E-state index contributed by atoms with van der Waals surface area (Å²) in [6.45, 7) is 1.91. The van der Waals surface area contributed by atoms with Gasteiger partial charge >= 0.3 is 0 Å². The highest BCUT2D eigenvalue weighted by atomic mass is 35.5. The molecule has 0 radical (unpaired) electrons. The first-order valence-electron chi connectivity index (χ1n) is 5.05. The van der Waals surface area contributed by atoms with Crippen molar-refractivity contribution in [1.29, 1.82) is 0 Å². The van der Waals surface area contributed by atoms with Gasteiger partial charge in [0.2, 0.25) is 0 Å². The quantitative estimate of drug-likeness (QED) is 0.686. The number of ketones is 1. The average Bonchev–Trinajstić information content (AvgIpc) is 2.62. The highest BCUT2D eigenvalue weighted by Crippen LogP contribution is 2.18. The zero-order valence-corrected chi connectivity index (χ0v) is 10.8. The molecule has 0 saturated heterocycles. The number of benzene rings is 1. The topological polar surface area (TPSA) is 56.0 Å². The van der Waals surface area contributed by atoms with Gasteiger partial charge in [-0.3, -0.25) is 4.79 Å². The molecule has 1 aromatic carbocycles. The fourth-order valence-corrected chi connectivity index (χ4v) is 2.39. The van der Waals surface area contributed by atoms with Gasteiger partial charge in [0.05, 0.1) is 17.1 Å². The average molecular weight is 267 g/mol. The lowest BCUT2D eigenvalue weighted by molar-refractivity contribution is 0.0992. The Balaban J connectivity index is 2.19. The zero-order chi connectivity index (χ0) is 12.4. The molecule has 0 bridgehead atoms. The number of nitrogens with two attached hydrogens (primary N) is 1. The molecule has 1 aromatic heterocycles. The van der Waals surface area contributed by atoms with E-state index in [1.165, 1.54) is 11.3 Å². The first kappa shape index (κ1) is 12.1. The number of hydrogen-bond donors (Lipinski definition) is 1. The largest absolute Gasteiger partial charge is 0.399 e. The van der Waals surface area contributed by atoms with Crippen LogP contribution in [-0.4, -0.2) is 10.8 Å². The van der Waals surface area contributed by atoms with Gasteiger partial charge in [0.25, 0.3) is 0 Å². The van der Waals surface area contributed by atoms with Crippen molar-refractivity contribution in [1.82, 2.24) is 4.98 Å². The zero-order valence-electron chi connectivity index (χ0n) is 9.24. The van der Waals surface area contributed by atoms with Crippen LogP contribution in [0.1, 0.15) is 21.1 Å². The number of rotatable bonds is 3. The molecule has 5 heteroatoms. The summed E-state index contributed by atoms with van der Waals surface area (Å²) in [5, 5.41) is 3.32. The second kappa shape index (κ2) is 4.85. The molecule has 0 saturated carbocycles. The number of anilines is 1. The van der Waals surface area contributed by atoms with Crippen LogP contribution in [0.5, 0.6) is 0 Å². The maximum atomic E-state index is 12.0. The minimum Gasteiger partial charge on any atom is -0.399 e. The molecule has 2 aromatic rings. The second-order valence-corrected chi connectivity index (χ2v) is 5.23. The standard InChI is InChI=1S/C12H11ClN2OS/c1-7-15-11(6-17-7)5-12(16)8-2-9(13)4-10(14)3-8/h2-4,6H,5,14H2,1H3. The highest BCUT2D eigenvalue weighted by molar-refractivity contribution is 7.09. The van der Waals surface area contributed by atoms with Gasteiger partial charge in [-0.1, -0.05) is 11.6 Å². The van der Waals surface area contributed by atoms with E-state index in [9.17, 15) is 4.79 Å². The van der Waals surface area contributed by atoms with Crippen LogP contribution >= 0.6 is 22.9 Å². The molecule has 2 N–H and O–H groups in total. The molecule has 0 spiro atoms. The lowest BCUT2D eigenvalue weighted by Gasteiger charge is -2.02. The number of carbonyl (C=O) groups excluding carboxylic acids is 1. The fourth-order valence-electron chi connectivity index (χ4n) is 1.53. The van der Waals surface area contributed by atoms with E-state index >= 15 is 0 Å². The molecule has 0 fully saturated rings. The van der Waals surface area contributed by atoms with Crippen molar-refractivity contribution in [2.24, 2.45) is 0 Å². The minimum absolute atomic E-state index is 0.0236. The molecular weight excluding hydrogens is 256 g/mol. The predicted octanol–water partition coefficient (Wildman–Crippen LogP) is 3.11. The van der Waals surface area contributed by atoms with Crippen molar-refractivity contribution in [3.8, 4) is 0 Å². The number of Topliss-reactive ketones (excluding diaryl/α,β-unsaturated/α-hetero) is 1. The second-order valence-electron chi connectivity index (χ2n) is 3.73. The summed E-state index contributed by atoms with van der Waals surface area (Å²) in [5.41, 5.74) is 7.46. The molecular formula is C12H11ClN2OS. The van der Waals surface area contributed by atoms with Gasteiger partial charge < -0.3 is 5.73 Å². The summed E-state index contributed by atoms with van der Waals surface area (Å²) in [6, 6.07) is 4.87. The third-order valence-corrected chi connectivity index (χ3v) is 3.29. The van der Waals surface area contributed by atoms with Gasteiger partial charge in [-0.2, -0.15) is 0 Å². The molecule has 0 aliphatic carbocycles. The Morgan fingerprint density at radius 3 is 2.82 bits per heavy atom. The van der Waals surface area contributed by atoms with Crippen molar-refractivity contribution < 1.29 is 4.79 Å². The van der Waals surface area contributed by atoms with E-state index in [1.54, 1.807) is 18.2 Å². The summed E-state index contributed by atoms with van der Waals surface area (Å²) >= 11 is 7.39. The predicted molar refractivity (Wildman–Crippen MR) is 70.7 cm³/mol. The summed E-state index contributed by atoms with van der Waals surface area (Å²) in [7, 11) is 0. The maximum absolute atomic E-state index is 12.0. The van der Waals surface area contributed by atoms with Crippen LogP contribution < -0.4 is 5.73 Å². The third kappa shape index (κ3) is 3.05. The molecule has 2 rings (SSSR count). The summed E-state index contributed by atoms with van der Waals surface area (Å²) in [6.07, 6.45) is 0.282. The molecule has 0 atom stereocenters. The van der Waals surface area contributed by atoms with Gasteiger partial charge in [-0.15, -0.1) is 11.3 Å².